The van der Waals surface area contributed by atoms with E-state index < -0.39 is 6.88 Å². The largest absolute Gasteiger partial charge is 0.456 e. The molecule has 228 valence electrons. The number of furan rings is 1. The molecule has 5 nitrogen and oxygen atoms in total. The van der Waals surface area contributed by atoms with E-state index in [0.29, 0.717) is 11.6 Å². The van der Waals surface area contributed by atoms with Crippen LogP contribution in [0.5, 0.6) is 0 Å². The number of hydrogen-bond donors (Lipinski definition) is 0. The van der Waals surface area contributed by atoms with E-state index in [-0.39, 0.29) is 0 Å². The van der Waals surface area contributed by atoms with E-state index in [9.17, 15) is 0 Å². The Bertz CT molecular complexity index is 2770. The number of imidazole rings is 1. The number of hydrogen-bond acceptors (Lipinski definition) is 5. The first-order chi connectivity index (χ1) is 24.0. The molecule has 0 atom stereocenters. The molecule has 1 fully saturated rings. The number of rotatable bonds is 3. The lowest BCUT2D eigenvalue weighted by molar-refractivity contribution is 0.437. The van der Waals surface area contributed by atoms with Crippen molar-refractivity contribution >= 4 is 75.5 Å². The third kappa shape index (κ3) is 4.04. The second kappa shape index (κ2) is 10.2. The van der Waals surface area contributed by atoms with Crippen molar-refractivity contribution in [3.63, 3.8) is 0 Å². The molecule has 0 unspecified atom stereocenters. The minimum absolute atomic E-state index is 0.423. The maximum atomic E-state index is 7.99. The van der Waals surface area contributed by atoms with Crippen LogP contribution in [0.3, 0.4) is 0 Å². The van der Waals surface area contributed by atoms with Crippen LogP contribution in [0.25, 0.3) is 81.3 Å². The fraction of sp³-hybridized carbons (Fsp3) is 0.195. The van der Waals surface area contributed by atoms with E-state index in [4.69, 9.17) is 22.1 Å². The average molecular weight is 631 g/mol. The summed E-state index contributed by atoms with van der Waals surface area (Å²) < 4.78 is 25.9. The van der Waals surface area contributed by atoms with Crippen molar-refractivity contribution in [3.05, 3.63) is 108 Å². The Morgan fingerprint density at radius 3 is 2.53 bits per heavy atom. The molecule has 0 radical (unpaired) electrons. The van der Waals surface area contributed by atoms with Crippen molar-refractivity contribution in [2.24, 2.45) is 0 Å². The van der Waals surface area contributed by atoms with Crippen LogP contribution in [0.2, 0.25) is 0 Å². The summed E-state index contributed by atoms with van der Waals surface area (Å²) in [5.74, 6) is 1.38. The van der Waals surface area contributed by atoms with Crippen LogP contribution >= 0.6 is 11.3 Å². The van der Waals surface area contributed by atoms with E-state index in [2.05, 4.69) is 66.1 Å². The zero-order valence-electron chi connectivity index (χ0n) is 28.0. The summed E-state index contributed by atoms with van der Waals surface area (Å²) in [4.78, 5) is 16.5. The first-order valence-electron chi connectivity index (χ1n) is 17.6. The van der Waals surface area contributed by atoms with E-state index in [1.807, 2.05) is 30.3 Å². The van der Waals surface area contributed by atoms with Crippen LogP contribution in [-0.2, 0) is 0 Å². The minimum atomic E-state index is -1.16. The third-order valence-electron chi connectivity index (χ3n) is 10.1. The molecule has 1 aliphatic rings. The molecule has 1 aliphatic carbocycles. The number of para-hydroxylation sites is 1. The molecule has 5 aromatic heterocycles. The Hall–Kier alpha value is -5.07. The van der Waals surface area contributed by atoms with Gasteiger partial charge in [-0.3, -0.25) is 9.55 Å². The Morgan fingerprint density at radius 1 is 0.766 bits per heavy atom. The van der Waals surface area contributed by atoms with E-state index in [1.165, 1.54) is 53.3 Å². The Kier molecular flexibility index (Phi) is 5.45. The number of aryl methyl sites for hydroxylation is 2. The van der Waals surface area contributed by atoms with Crippen LogP contribution in [0.15, 0.2) is 95.4 Å². The van der Waals surface area contributed by atoms with Crippen LogP contribution in [0, 0.1) is 13.8 Å². The van der Waals surface area contributed by atoms with E-state index in [1.54, 1.807) is 17.4 Å². The fourth-order valence-electron chi connectivity index (χ4n) is 7.82. The second-order valence-corrected chi connectivity index (χ2v) is 13.9. The van der Waals surface area contributed by atoms with Crippen molar-refractivity contribution in [1.29, 1.82) is 0 Å². The van der Waals surface area contributed by atoms with Gasteiger partial charge in [-0.05, 0) is 86.8 Å². The van der Waals surface area contributed by atoms with Gasteiger partial charge in [-0.1, -0.05) is 55.7 Å². The smallest absolute Gasteiger partial charge is 0.147 e. The maximum Gasteiger partial charge on any atom is 0.147 e. The molecular formula is C41H32N4OS. The van der Waals surface area contributed by atoms with Gasteiger partial charge in [0.2, 0.25) is 0 Å². The quantitative estimate of drug-likeness (QED) is 0.195. The lowest BCUT2D eigenvalue weighted by Gasteiger charge is -2.20. The molecule has 10 rings (SSSR count). The summed E-state index contributed by atoms with van der Waals surface area (Å²) in [6, 6.07) is 31.3. The van der Waals surface area contributed by atoms with Gasteiger partial charge in [0.1, 0.15) is 21.8 Å². The molecule has 5 heterocycles. The predicted octanol–water partition coefficient (Wildman–Crippen LogP) is 11.6. The molecule has 6 heteroatoms. The maximum absolute atomic E-state index is 7.99. The molecule has 0 aliphatic heterocycles. The molecule has 0 spiro atoms. The first kappa shape index (κ1) is 25.1. The summed E-state index contributed by atoms with van der Waals surface area (Å²) >= 11 is 1.76. The monoisotopic (exact) mass is 630 g/mol. The number of thiophene rings is 1. The summed E-state index contributed by atoms with van der Waals surface area (Å²) in [6.45, 7) is 0.930. The average Bonchev–Trinajstić information content (AvgIpc) is 3.84. The van der Waals surface area contributed by atoms with Gasteiger partial charge in [0.15, 0.2) is 0 Å². The van der Waals surface area contributed by atoms with Gasteiger partial charge >= 0.3 is 0 Å². The summed E-state index contributed by atoms with van der Waals surface area (Å²) in [6.07, 6.45) is 6.35. The van der Waals surface area contributed by atoms with Gasteiger partial charge in [0.05, 0.1) is 27.6 Å². The predicted molar refractivity (Wildman–Crippen MR) is 195 cm³/mol. The van der Waals surface area contributed by atoms with Gasteiger partial charge in [0, 0.05) is 51.9 Å². The molecule has 0 amide bonds. The van der Waals surface area contributed by atoms with Crippen molar-refractivity contribution in [1.82, 2.24) is 19.5 Å². The number of pyridine rings is 2. The molecule has 0 N–H and O–H groups in total. The second-order valence-electron chi connectivity index (χ2n) is 12.9. The fourth-order valence-corrected chi connectivity index (χ4v) is 9.01. The molecule has 4 aromatic carbocycles. The molecule has 0 bridgehead atoms. The lowest BCUT2D eigenvalue weighted by Crippen LogP contribution is -2.05. The van der Waals surface area contributed by atoms with Crippen LogP contribution < -0.4 is 0 Å². The molecular weight excluding hydrogens is 597 g/mol. The summed E-state index contributed by atoms with van der Waals surface area (Å²) in [5.41, 5.74) is 8.97. The van der Waals surface area contributed by atoms with Crippen molar-refractivity contribution in [3.8, 4) is 17.1 Å². The zero-order valence-corrected chi connectivity index (χ0v) is 26.8. The highest BCUT2D eigenvalue weighted by Gasteiger charge is 2.24. The first-order valence-corrected chi connectivity index (χ1v) is 17.3. The topological polar surface area (TPSA) is 56.7 Å². The van der Waals surface area contributed by atoms with Gasteiger partial charge in [0.25, 0.3) is 0 Å². The van der Waals surface area contributed by atoms with E-state index in [0.717, 1.165) is 71.3 Å². The SMILES string of the molecule is [2H]C([2H])c1ccc2c(ccc3nc(-c4cccc5c4sc4nc(C6CCCCC6)ccc45)n(-c4ccc(C)c5oc6ccccc6c45)c32)n1. The Labute approximate surface area is 278 Å². The standard InChI is InChI=1S/C41H32N4OS/c1-23-15-22-34(36-29-11-6-7-14-35(29)46-38(23)36)45-37-28-17-16-24(2)42-32(28)20-21-33(37)43-40(45)30-13-8-12-26-27-18-19-31(25-9-4-3-5-10-25)44-41(27)47-39(26)30/h6-8,11-22,25H,3-5,9-10H2,1-2H3/i2D2. The summed E-state index contributed by atoms with van der Waals surface area (Å²) in [7, 11) is 0. The van der Waals surface area contributed by atoms with Crippen molar-refractivity contribution in [2.45, 2.75) is 51.8 Å². The van der Waals surface area contributed by atoms with Crippen molar-refractivity contribution in [2.75, 3.05) is 0 Å². The normalized spacial score (nSPS) is 15.2. The molecule has 1 saturated carbocycles. The van der Waals surface area contributed by atoms with E-state index >= 15 is 0 Å². The molecule has 9 aromatic rings. The molecule has 0 saturated heterocycles. The highest BCUT2D eigenvalue weighted by Crippen LogP contribution is 2.44. The number of aromatic nitrogens is 4. The summed E-state index contributed by atoms with van der Waals surface area (Å²) in [5, 5.41) is 5.39. The van der Waals surface area contributed by atoms with Crippen molar-refractivity contribution < 1.29 is 7.16 Å². The third-order valence-corrected chi connectivity index (χ3v) is 11.2. The van der Waals surface area contributed by atoms with Crippen LogP contribution in [0.1, 0.15) is 57.7 Å². The molecule has 47 heavy (non-hydrogen) atoms. The van der Waals surface area contributed by atoms with Gasteiger partial charge in [-0.15, -0.1) is 11.3 Å². The van der Waals surface area contributed by atoms with Crippen LogP contribution in [-0.4, -0.2) is 19.5 Å². The highest BCUT2D eigenvalue weighted by molar-refractivity contribution is 7.26. The number of nitrogens with zero attached hydrogens (tertiary/aromatic N) is 4. The minimum Gasteiger partial charge on any atom is -0.456 e. The van der Waals surface area contributed by atoms with Gasteiger partial charge < -0.3 is 4.42 Å². The Balaban J connectivity index is 1.30. The lowest BCUT2D eigenvalue weighted by atomic mass is 9.86. The number of benzene rings is 4. The zero-order chi connectivity index (χ0) is 32.8. The Morgan fingerprint density at radius 2 is 1.62 bits per heavy atom. The van der Waals surface area contributed by atoms with Gasteiger partial charge in [-0.25, -0.2) is 9.97 Å². The van der Waals surface area contributed by atoms with Gasteiger partial charge in [-0.2, -0.15) is 0 Å². The highest BCUT2D eigenvalue weighted by atomic mass is 32.1. The number of fused-ring (bicyclic) bond motifs is 9. The van der Waals surface area contributed by atoms with Crippen LogP contribution in [0.4, 0.5) is 0 Å².